The van der Waals surface area contributed by atoms with Crippen LogP contribution in [0.15, 0.2) is 163 Å². The largest absolute Gasteiger partial charge is 0.456 e. The van der Waals surface area contributed by atoms with Crippen molar-refractivity contribution < 1.29 is 17.7 Å². The van der Waals surface area contributed by atoms with E-state index in [2.05, 4.69) is 71.6 Å². The van der Waals surface area contributed by atoms with Gasteiger partial charge in [0.25, 0.3) is 0 Å². The number of furan rings is 3. The van der Waals surface area contributed by atoms with Crippen LogP contribution < -0.4 is 4.90 Å². The quantitative estimate of drug-likeness (QED) is 0.192. The third kappa shape index (κ3) is 3.92. The molecule has 0 bridgehead atoms. The highest BCUT2D eigenvalue weighted by molar-refractivity contribution is 6.13. The highest BCUT2D eigenvalue weighted by Gasteiger charge is 2.21. The molecule has 0 radical (unpaired) electrons. The number of para-hydroxylation sites is 4. The number of anilines is 3. The lowest BCUT2D eigenvalue weighted by Crippen LogP contribution is -2.09. The summed E-state index contributed by atoms with van der Waals surface area (Å²) in [5.41, 5.74) is 10.4. The number of benzene rings is 7. The minimum Gasteiger partial charge on any atom is -0.456 e. The lowest BCUT2D eigenvalue weighted by molar-refractivity contribution is 0.620. The van der Waals surface area contributed by atoms with E-state index in [4.69, 9.17) is 22.7 Å². The first-order valence-corrected chi connectivity index (χ1v) is 16.2. The molecular formula is C43H24N2O4. The van der Waals surface area contributed by atoms with Gasteiger partial charge in [-0.1, -0.05) is 54.6 Å². The van der Waals surface area contributed by atoms with Gasteiger partial charge >= 0.3 is 0 Å². The van der Waals surface area contributed by atoms with E-state index in [0.29, 0.717) is 5.89 Å². The summed E-state index contributed by atoms with van der Waals surface area (Å²) in [6, 6.07) is 49.3. The van der Waals surface area contributed by atoms with Gasteiger partial charge < -0.3 is 22.6 Å². The van der Waals surface area contributed by atoms with Gasteiger partial charge in [-0.05, 0) is 84.9 Å². The van der Waals surface area contributed by atoms with Gasteiger partial charge in [-0.2, -0.15) is 0 Å². The first-order valence-electron chi connectivity index (χ1n) is 16.2. The molecule has 0 fully saturated rings. The molecule has 230 valence electrons. The summed E-state index contributed by atoms with van der Waals surface area (Å²) in [4.78, 5) is 7.06. The monoisotopic (exact) mass is 632 g/mol. The van der Waals surface area contributed by atoms with Crippen molar-refractivity contribution in [2.24, 2.45) is 0 Å². The van der Waals surface area contributed by atoms with Gasteiger partial charge in [0.05, 0.1) is 0 Å². The van der Waals surface area contributed by atoms with Crippen molar-refractivity contribution in [2.75, 3.05) is 4.90 Å². The second kappa shape index (κ2) is 9.86. The number of hydrogen-bond acceptors (Lipinski definition) is 6. The van der Waals surface area contributed by atoms with Crippen molar-refractivity contribution >= 4 is 94.0 Å². The average Bonchev–Trinajstić information content (AvgIpc) is 3.92. The Labute approximate surface area is 278 Å². The van der Waals surface area contributed by atoms with Crippen molar-refractivity contribution in [1.29, 1.82) is 0 Å². The summed E-state index contributed by atoms with van der Waals surface area (Å²) >= 11 is 0. The number of aromatic nitrogens is 1. The molecule has 49 heavy (non-hydrogen) atoms. The molecule has 0 aliphatic carbocycles. The third-order valence-corrected chi connectivity index (χ3v) is 9.50. The molecule has 0 spiro atoms. The van der Waals surface area contributed by atoms with E-state index in [1.807, 2.05) is 78.9 Å². The lowest BCUT2D eigenvalue weighted by atomic mass is 10.0. The number of hydrogen-bond donors (Lipinski definition) is 0. The maximum atomic E-state index is 6.56. The van der Waals surface area contributed by atoms with Crippen LogP contribution in [0.3, 0.4) is 0 Å². The second-order valence-corrected chi connectivity index (χ2v) is 12.3. The molecule has 4 aromatic heterocycles. The minimum atomic E-state index is 0.571. The number of nitrogens with zero attached hydrogens (tertiary/aromatic N) is 2. The van der Waals surface area contributed by atoms with Crippen molar-refractivity contribution in [3.05, 3.63) is 146 Å². The molecule has 0 N–H and O–H groups in total. The molecule has 0 aliphatic rings. The second-order valence-electron chi connectivity index (χ2n) is 12.3. The summed E-state index contributed by atoms with van der Waals surface area (Å²) in [6.45, 7) is 0. The van der Waals surface area contributed by atoms with Crippen LogP contribution in [0.1, 0.15) is 0 Å². The number of rotatable bonds is 4. The minimum absolute atomic E-state index is 0.571. The zero-order valence-corrected chi connectivity index (χ0v) is 25.9. The summed E-state index contributed by atoms with van der Waals surface area (Å²) in [6.07, 6.45) is 0. The van der Waals surface area contributed by atoms with Crippen LogP contribution in [0.2, 0.25) is 0 Å². The maximum Gasteiger partial charge on any atom is 0.228 e. The van der Waals surface area contributed by atoms with Crippen LogP contribution in [0.25, 0.3) is 88.4 Å². The normalized spacial score (nSPS) is 12.1. The Morgan fingerprint density at radius 2 is 0.918 bits per heavy atom. The van der Waals surface area contributed by atoms with Gasteiger partial charge in [-0.15, -0.1) is 0 Å². The van der Waals surface area contributed by atoms with Crippen LogP contribution >= 0.6 is 0 Å². The van der Waals surface area contributed by atoms with Crippen LogP contribution in [0, 0.1) is 0 Å². The highest BCUT2D eigenvalue weighted by atomic mass is 16.4. The predicted molar refractivity (Wildman–Crippen MR) is 196 cm³/mol. The molecule has 0 saturated heterocycles. The molecule has 0 saturated carbocycles. The highest BCUT2D eigenvalue weighted by Crippen LogP contribution is 2.44. The van der Waals surface area contributed by atoms with Gasteiger partial charge in [-0.25, -0.2) is 4.98 Å². The van der Waals surface area contributed by atoms with E-state index >= 15 is 0 Å². The molecule has 11 aromatic rings. The van der Waals surface area contributed by atoms with E-state index < -0.39 is 0 Å². The van der Waals surface area contributed by atoms with Crippen LogP contribution in [0.4, 0.5) is 17.1 Å². The SMILES string of the molecule is c1ccc2oc(-c3cccc4oc5cc(N(c6ccc7oc8ccccc8c7c6)c6ccc7oc8ccccc8c7c6)ccc5c34)nc2c1. The Morgan fingerprint density at radius 1 is 0.367 bits per heavy atom. The molecule has 6 heteroatoms. The van der Waals surface area contributed by atoms with Crippen LogP contribution in [0.5, 0.6) is 0 Å². The van der Waals surface area contributed by atoms with Gasteiger partial charge in [0.15, 0.2) is 5.58 Å². The first kappa shape index (κ1) is 26.3. The van der Waals surface area contributed by atoms with Crippen molar-refractivity contribution in [3.63, 3.8) is 0 Å². The van der Waals surface area contributed by atoms with Gasteiger partial charge in [0.2, 0.25) is 5.89 Å². The topological polar surface area (TPSA) is 68.7 Å². The standard InChI is InChI=1S/C43H24N2O4/c1-4-12-35-28(8-1)32-22-25(17-20-37(32)46-35)45(26-18-21-38-33(23-26)29-9-2-5-13-36(29)47-38)27-16-19-30-41(24-27)48-40-15-7-10-31(42(30)40)43-44-34-11-3-6-14-39(34)49-43/h1-24H. The maximum absolute atomic E-state index is 6.56. The Balaban J connectivity index is 1.13. The summed E-state index contributed by atoms with van der Waals surface area (Å²) < 4.78 is 25.1. The Morgan fingerprint density at radius 3 is 1.61 bits per heavy atom. The fourth-order valence-corrected chi connectivity index (χ4v) is 7.27. The summed E-state index contributed by atoms with van der Waals surface area (Å²) in [7, 11) is 0. The molecule has 11 rings (SSSR count). The molecule has 0 atom stereocenters. The van der Waals surface area contributed by atoms with Gasteiger partial charge in [0.1, 0.15) is 39.0 Å². The molecular weight excluding hydrogens is 608 g/mol. The fourth-order valence-electron chi connectivity index (χ4n) is 7.27. The van der Waals surface area contributed by atoms with Crippen molar-refractivity contribution in [2.45, 2.75) is 0 Å². The van der Waals surface area contributed by atoms with E-state index in [1.54, 1.807) is 0 Å². The molecule has 0 unspecified atom stereocenters. The Hall–Kier alpha value is -6.79. The molecule has 6 nitrogen and oxygen atoms in total. The number of fused-ring (bicyclic) bond motifs is 10. The van der Waals surface area contributed by atoms with Crippen LogP contribution in [-0.2, 0) is 0 Å². The lowest BCUT2D eigenvalue weighted by Gasteiger charge is -2.25. The zero-order chi connectivity index (χ0) is 32.1. The van der Waals surface area contributed by atoms with Crippen molar-refractivity contribution in [1.82, 2.24) is 4.98 Å². The molecule has 4 heterocycles. The van der Waals surface area contributed by atoms with Crippen LogP contribution in [-0.4, -0.2) is 4.98 Å². The Bertz CT molecular complexity index is 2940. The van der Waals surface area contributed by atoms with E-state index in [0.717, 1.165) is 99.5 Å². The summed E-state index contributed by atoms with van der Waals surface area (Å²) in [5, 5.41) is 6.23. The predicted octanol–water partition coefficient (Wildman–Crippen LogP) is 12.7. The van der Waals surface area contributed by atoms with Gasteiger partial charge in [0, 0.05) is 61.0 Å². The van der Waals surface area contributed by atoms with E-state index in [1.165, 1.54) is 0 Å². The van der Waals surface area contributed by atoms with E-state index in [9.17, 15) is 0 Å². The fraction of sp³-hybridized carbons (Fsp3) is 0. The van der Waals surface area contributed by atoms with E-state index in [-0.39, 0.29) is 0 Å². The molecule has 7 aromatic carbocycles. The third-order valence-electron chi connectivity index (χ3n) is 9.50. The van der Waals surface area contributed by atoms with Gasteiger partial charge in [-0.3, -0.25) is 0 Å². The molecule has 0 aliphatic heterocycles. The summed E-state index contributed by atoms with van der Waals surface area (Å²) in [5.74, 6) is 0.571. The first-order chi connectivity index (χ1) is 24.2. The molecule has 0 amide bonds. The van der Waals surface area contributed by atoms with Crippen molar-refractivity contribution in [3.8, 4) is 11.5 Å². The number of oxazole rings is 1. The Kier molecular flexibility index (Phi) is 5.29. The smallest absolute Gasteiger partial charge is 0.228 e. The zero-order valence-electron chi connectivity index (χ0n) is 25.9. The average molecular weight is 633 g/mol.